The Morgan fingerprint density at radius 1 is 1.02 bits per heavy atom. The van der Waals surface area contributed by atoms with Gasteiger partial charge in [0.15, 0.2) is 5.65 Å². The van der Waals surface area contributed by atoms with Crippen LogP contribution in [-0.2, 0) is 0 Å². The van der Waals surface area contributed by atoms with Gasteiger partial charge in [-0.3, -0.25) is 14.2 Å². The molecule has 5 aromatic rings. The first kappa shape index (κ1) is 27.1. The van der Waals surface area contributed by atoms with Gasteiger partial charge in [-0.25, -0.2) is 14.5 Å². The summed E-state index contributed by atoms with van der Waals surface area (Å²) in [6, 6.07) is 16.2. The van der Waals surface area contributed by atoms with E-state index in [9.17, 15) is 9.59 Å². The number of nitrogens with zero attached hydrogens (tertiary/aromatic N) is 6. The molecule has 2 unspecified atom stereocenters. The summed E-state index contributed by atoms with van der Waals surface area (Å²) < 4.78 is 3.14. The molecule has 4 heterocycles. The Balaban J connectivity index is 1.32. The van der Waals surface area contributed by atoms with E-state index in [1.54, 1.807) is 34.5 Å². The van der Waals surface area contributed by atoms with Crippen molar-refractivity contribution in [1.82, 2.24) is 34.4 Å². The smallest absolute Gasteiger partial charge is 0.267 e. The molecule has 9 heteroatoms. The Morgan fingerprint density at radius 3 is 2.68 bits per heavy atom. The average Bonchev–Trinajstić information content (AvgIpc) is 3.55. The van der Waals surface area contributed by atoms with E-state index in [4.69, 9.17) is 4.98 Å². The van der Waals surface area contributed by atoms with Crippen molar-refractivity contribution in [3.63, 3.8) is 0 Å². The molecule has 1 N–H and O–H groups in total. The zero-order chi connectivity index (χ0) is 30.4. The van der Waals surface area contributed by atoms with Crippen LogP contribution in [0.1, 0.15) is 40.4 Å². The van der Waals surface area contributed by atoms with Crippen molar-refractivity contribution in [1.29, 1.82) is 0 Å². The number of benzene rings is 2. The number of likely N-dealkylation sites (N-methyl/N-ethyl adjacent to an activating group) is 1. The lowest BCUT2D eigenvalue weighted by atomic mass is 9.91. The number of fused-ring (bicyclic) bond motifs is 3. The molecule has 1 aliphatic carbocycles. The van der Waals surface area contributed by atoms with Gasteiger partial charge in [0.25, 0.3) is 11.5 Å². The molecule has 2 aromatic carbocycles. The number of carbonyl (C=O) groups excluding carboxylic acids is 1. The highest BCUT2D eigenvalue weighted by Crippen LogP contribution is 2.31. The van der Waals surface area contributed by atoms with Gasteiger partial charge in [0.1, 0.15) is 11.4 Å². The van der Waals surface area contributed by atoms with Gasteiger partial charge in [-0.15, -0.1) is 0 Å². The fraction of sp³-hybridized carbons (Fsp3) is 0.171. The van der Waals surface area contributed by atoms with E-state index < -0.39 is 6.04 Å². The summed E-state index contributed by atoms with van der Waals surface area (Å²) in [5.41, 5.74) is 3.88. The highest BCUT2D eigenvalue weighted by molar-refractivity contribution is 6.01. The van der Waals surface area contributed by atoms with Crippen molar-refractivity contribution < 1.29 is 4.79 Å². The van der Waals surface area contributed by atoms with Crippen LogP contribution in [0, 0.1) is 24.7 Å². The summed E-state index contributed by atoms with van der Waals surface area (Å²) >= 11 is 0. The number of rotatable bonds is 4. The third-order valence-corrected chi connectivity index (χ3v) is 8.09. The van der Waals surface area contributed by atoms with E-state index >= 15 is 0 Å². The molecule has 2 aliphatic rings. The molecule has 0 bridgehead atoms. The molecule has 216 valence electrons. The zero-order valence-corrected chi connectivity index (χ0v) is 24.5. The van der Waals surface area contributed by atoms with Gasteiger partial charge in [-0.05, 0) is 44.2 Å². The van der Waals surface area contributed by atoms with Crippen molar-refractivity contribution in [2.45, 2.75) is 25.9 Å². The van der Waals surface area contributed by atoms with Gasteiger partial charge in [0.2, 0.25) is 0 Å². The molecule has 9 nitrogen and oxygen atoms in total. The maximum absolute atomic E-state index is 14.4. The Bertz CT molecular complexity index is 2160. The first-order chi connectivity index (χ1) is 21.4. The molecular formula is C35H29N7O2. The summed E-state index contributed by atoms with van der Waals surface area (Å²) in [5.74, 6) is 6.85. The number of amides is 1. The molecule has 0 fully saturated rings. The van der Waals surface area contributed by atoms with E-state index in [1.165, 1.54) is 0 Å². The van der Waals surface area contributed by atoms with E-state index in [2.05, 4.69) is 56.6 Å². The maximum Gasteiger partial charge on any atom is 0.267 e. The van der Waals surface area contributed by atoms with Crippen LogP contribution < -0.4 is 10.9 Å². The van der Waals surface area contributed by atoms with E-state index in [0.29, 0.717) is 44.9 Å². The van der Waals surface area contributed by atoms with Crippen molar-refractivity contribution in [3.8, 4) is 17.5 Å². The number of aromatic nitrogens is 5. The minimum absolute atomic E-state index is 0.176. The molecule has 1 aliphatic heterocycles. The van der Waals surface area contributed by atoms with E-state index in [1.807, 2.05) is 68.6 Å². The molecule has 0 saturated carbocycles. The average molecular weight is 580 g/mol. The number of allylic oxidation sites excluding steroid dienone is 2. The minimum atomic E-state index is -0.630. The van der Waals surface area contributed by atoms with Crippen LogP contribution >= 0.6 is 0 Å². The Hall–Kier alpha value is -5.75. The largest absolute Gasteiger partial charge is 0.372 e. The quantitative estimate of drug-likeness (QED) is 0.315. The summed E-state index contributed by atoms with van der Waals surface area (Å²) in [5, 5.41) is 7.87. The van der Waals surface area contributed by atoms with Crippen LogP contribution in [0.2, 0.25) is 0 Å². The van der Waals surface area contributed by atoms with Crippen LogP contribution in [0.25, 0.3) is 22.2 Å². The van der Waals surface area contributed by atoms with Gasteiger partial charge < -0.3 is 10.2 Å². The minimum Gasteiger partial charge on any atom is -0.372 e. The number of nitrogens with one attached hydrogen (secondary N) is 1. The lowest BCUT2D eigenvalue weighted by Crippen LogP contribution is -2.33. The van der Waals surface area contributed by atoms with Crippen LogP contribution in [-0.4, -0.2) is 48.0 Å². The van der Waals surface area contributed by atoms with Crippen LogP contribution in [0.4, 0.5) is 0 Å². The number of hydrogen-bond donors (Lipinski definition) is 1. The summed E-state index contributed by atoms with van der Waals surface area (Å²) in [6.45, 7) is 3.58. The second-order valence-electron chi connectivity index (χ2n) is 11.0. The van der Waals surface area contributed by atoms with Crippen LogP contribution in [0.5, 0.6) is 0 Å². The number of para-hydroxylation sites is 1. The fourth-order valence-corrected chi connectivity index (χ4v) is 5.98. The highest BCUT2D eigenvalue weighted by atomic mass is 16.2. The second kappa shape index (κ2) is 10.8. The Morgan fingerprint density at radius 2 is 1.84 bits per heavy atom. The predicted octanol–water partition coefficient (Wildman–Crippen LogP) is 4.52. The number of carbonyl (C=O) groups is 1. The maximum atomic E-state index is 14.4. The first-order valence-electron chi connectivity index (χ1n) is 14.4. The van der Waals surface area contributed by atoms with Crippen LogP contribution in [0.3, 0.4) is 0 Å². The summed E-state index contributed by atoms with van der Waals surface area (Å²) in [7, 11) is 2.05. The highest BCUT2D eigenvalue weighted by Gasteiger charge is 2.30. The molecule has 0 saturated heterocycles. The fourth-order valence-electron chi connectivity index (χ4n) is 5.98. The van der Waals surface area contributed by atoms with E-state index in [-0.39, 0.29) is 23.4 Å². The Kier molecular flexibility index (Phi) is 6.67. The normalized spacial score (nSPS) is 17.7. The monoisotopic (exact) mass is 579 g/mol. The summed E-state index contributed by atoms with van der Waals surface area (Å²) in [6.07, 6.45) is 13.9. The predicted molar refractivity (Wildman–Crippen MR) is 169 cm³/mol. The summed E-state index contributed by atoms with van der Waals surface area (Å²) in [4.78, 5) is 39.4. The van der Waals surface area contributed by atoms with E-state index in [0.717, 1.165) is 5.57 Å². The van der Waals surface area contributed by atoms with Gasteiger partial charge in [-0.2, -0.15) is 5.10 Å². The van der Waals surface area contributed by atoms with Crippen molar-refractivity contribution in [2.24, 2.45) is 5.92 Å². The molecule has 7 rings (SSSR count). The molecule has 3 atom stereocenters. The van der Waals surface area contributed by atoms with Crippen molar-refractivity contribution in [3.05, 3.63) is 136 Å². The molecule has 3 aromatic heterocycles. The lowest BCUT2D eigenvalue weighted by Gasteiger charge is -2.23. The SMILES string of the molecule is Cc1nn2cccnc2c1C(=O)N[C@@H](C)c1nc2cccc(C#CC3=CN(C)C4C=CC=CC34)c2c(=O)n1-c1ccccc1. The third-order valence-electron chi connectivity index (χ3n) is 8.09. The molecule has 44 heavy (non-hydrogen) atoms. The van der Waals surface area contributed by atoms with Gasteiger partial charge >= 0.3 is 0 Å². The zero-order valence-electron chi connectivity index (χ0n) is 24.5. The number of hydrogen-bond acceptors (Lipinski definition) is 6. The van der Waals surface area contributed by atoms with Crippen molar-refractivity contribution in [2.75, 3.05) is 7.05 Å². The van der Waals surface area contributed by atoms with Gasteiger partial charge in [-0.1, -0.05) is 60.4 Å². The van der Waals surface area contributed by atoms with Crippen molar-refractivity contribution >= 4 is 22.5 Å². The molecule has 0 radical (unpaired) electrons. The third kappa shape index (κ3) is 4.57. The second-order valence-corrected chi connectivity index (χ2v) is 11.0. The lowest BCUT2D eigenvalue weighted by molar-refractivity contribution is 0.0938. The molecular weight excluding hydrogens is 550 g/mol. The van der Waals surface area contributed by atoms with Gasteiger partial charge in [0.05, 0.1) is 34.4 Å². The number of aryl methyl sites for hydroxylation is 1. The Labute approximate surface area is 253 Å². The first-order valence-corrected chi connectivity index (χ1v) is 14.4. The molecule has 0 spiro atoms. The van der Waals surface area contributed by atoms with Gasteiger partial charge in [0, 0.05) is 42.7 Å². The van der Waals surface area contributed by atoms with Crippen LogP contribution in [0.15, 0.2) is 108 Å². The molecule has 1 amide bonds. The standard InChI is InChI=1S/C35H29N7O2/c1-22-30(33-36-19-10-20-41(33)39-22)34(43)37-23(2)32-38-28-15-9-11-24(31(28)35(44)42(32)26-12-5-4-6-13-26)17-18-25-21-40(3)29-16-8-7-14-27(25)29/h4-16,19-21,23,27,29H,1-3H3,(H,37,43)/t23-,27?,29?/m0/s1. The topological polar surface area (TPSA) is 97.4 Å².